The molecule has 0 saturated heterocycles. The number of aryl methyl sites for hydroxylation is 1. The van der Waals surface area contributed by atoms with Crippen molar-refractivity contribution in [1.82, 2.24) is 4.57 Å². The summed E-state index contributed by atoms with van der Waals surface area (Å²) in [5, 5.41) is 4.13. The van der Waals surface area contributed by atoms with Gasteiger partial charge in [-0.3, -0.25) is 4.79 Å². The van der Waals surface area contributed by atoms with Crippen LogP contribution in [-0.2, 0) is 7.05 Å². The third kappa shape index (κ3) is 1.27. The van der Waals surface area contributed by atoms with Crippen LogP contribution in [0, 0.1) is 0 Å². The molecule has 0 aliphatic heterocycles. The Hall–Kier alpha value is -1.77. The van der Waals surface area contributed by atoms with Crippen LogP contribution in [0.4, 0.5) is 5.69 Å². The lowest BCUT2D eigenvalue weighted by atomic mass is 10.2. The zero-order chi connectivity index (χ0) is 10.1. The predicted octanol–water partition coefficient (Wildman–Crippen LogP) is 1.58. The van der Waals surface area contributed by atoms with Gasteiger partial charge in [0.25, 0.3) is 5.56 Å². The van der Waals surface area contributed by atoms with Crippen molar-refractivity contribution in [2.75, 3.05) is 12.4 Å². The number of aromatic nitrogens is 1. The van der Waals surface area contributed by atoms with E-state index in [1.54, 1.807) is 17.7 Å². The van der Waals surface area contributed by atoms with Gasteiger partial charge in [0.15, 0.2) is 0 Å². The van der Waals surface area contributed by atoms with E-state index in [1.165, 1.54) is 0 Å². The first-order chi connectivity index (χ1) is 6.72. The Kier molecular flexibility index (Phi) is 2.00. The van der Waals surface area contributed by atoms with Crippen molar-refractivity contribution in [3.05, 3.63) is 40.7 Å². The van der Waals surface area contributed by atoms with Gasteiger partial charge in [-0.05, 0) is 24.3 Å². The van der Waals surface area contributed by atoms with Gasteiger partial charge >= 0.3 is 0 Å². The number of anilines is 1. The molecule has 1 aromatic carbocycles. The summed E-state index contributed by atoms with van der Waals surface area (Å²) in [5.41, 5.74) is 2.03. The highest BCUT2D eigenvalue weighted by molar-refractivity contribution is 5.82. The van der Waals surface area contributed by atoms with Crippen molar-refractivity contribution in [1.29, 1.82) is 0 Å². The van der Waals surface area contributed by atoms with Gasteiger partial charge in [-0.1, -0.05) is 0 Å². The van der Waals surface area contributed by atoms with Gasteiger partial charge in [-0.2, -0.15) is 0 Å². The molecule has 1 heterocycles. The number of rotatable bonds is 1. The molecule has 0 spiro atoms. The summed E-state index contributed by atoms with van der Waals surface area (Å²) in [7, 11) is 3.66. The van der Waals surface area contributed by atoms with Crippen LogP contribution in [0.2, 0.25) is 0 Å². The topological polar surface area (TPSA) is 34.0 Å². The molecule has 0 bridgehead atoms. The van der Waals surface area contributed by atoms with Crippen molar-refractivity contribution in [3.63, 3.8) is 0 Å². The lowest BCUT2D eigenvalue weighted by molar-refractivity contribution is 0.906. The van der Waals surface area contributed by atoms with Crippen LogP contribution in [0.25, 0.3) is 10.9 Å². The Labute approximate surface area is 82.0 Å². The van der Waals surface area contributed by atoms with Crippen LogP contribution in [0.3, 0.4) is 0 Å². The van der Waals surface area contributed by atoms with E-state index in [-0.39, 0.29) is 5.56 Å². The lowest BCUT2D eigenvalue weighted by Gasteiger charge is -2.06. The van der Waals surface area contributed by atoms with E-state index in [1.807, 2.05) is 31.3 Å². The molecule has 0 amide bonds. The molecule has 3 nitrogen and oxygen atoms in total. The van der Waals surface area contributed by atoms with Gasteiger partial charge in [0.2, 0.25) is 0 Å². The number of pyridine rings is 1. The SMILES string of the molecule is CNc1ccc2c(ccc(=O)n2C)c1. The van der Waals surface area contributed by atoms with Crippen molar-refractivity contribution >= 4 is 16.6 Å². The van der Waals surface area contributed by atoms with E-state index in [4.69, 9.17) is 0 Å². The van der Waals surface area contributed by atoms with E-state index in [0.29, 0.717) is 0 Å². The zero-order valence-corrected chi connectivity index (χ0v) is 8.24. The van der Waals surface area contributed by atoms with Gasteiger partial charge in [0, 0.05) is 31.2 Å². The smallest absolute Gasteiger partial charge is 0.250 e. The Bertz CT molecular complexity index is 528. The number of hydrogen-bond acceptors (Lipinski definition) is 2. The molecule has 1 aromatic heterocycles. The highest BCUT2D eigenvalue weighted by Crippen LogP contribution is 2.16. The predicted molar refractivity (Wildman–Crippen MR) is 58.7 cm³/mol. The normalized spacial score (nSPS) is 10.4. The third-order valence-corrected chi connectivity index (χ3v) is 2.41. The van der Waals surface area contributed by atoms with Crippen LogP contribution < -0.4 is 10.9 Å². The maximum Gasteiger partial charge on any atom is 0.250 e. The second-order valence-electron chi connectivity index (χ2n) is 3.25. The molecule has 0 atom stereocenters. The molecule has 2 aromatic rings. The van der Waals surface area contributed by atoms with Gasteiger partial charge in [-0.25, -0.2) is 0 Å². The summed E-state index contributed by atoms with van der Waals surface area (Å²) < 4.78 is 1.65. The third-order valence-electron chi connectivity index (χ3n) is 2.41. The Morgan fingerprint density at radius 2 is 2.00 bits per heavy atom. The highest BCUT2D eigenvalue weighted by atomic mass is 16.1. The lowest BCUT2D eigenvalue weighted by Crippen LogP contribution is -2.14. The second kappa shape index (κ2) is 3.18. The first-order valence-electron chi connectivity index (χ1n) is 4.50. The molecular formula is C11H12N2O. The van der Waals surface area contributed by atoms with Crippen molar-refractivity contribution in [3.8, 4) is 0 Å². The molecule has 1 N–H and O–H groups in total. The molecule has 0 aliphatic carbocycles. The maximum atomic E-state index is 11.3. The fourth-order valence-corrected chi connectivity index (χ4v) is 1.54. The van der Waals surface area contributed by atoms with Crippen molar-refractivity contribution in [2.24, 2.45) is 7.05 Å². The summed E-state index contributed by atoms with van der Waals surface area (Å²) >= 11 is 0. The Morgan fingerprint density at radius 3 is 2.71 bits per heavy atom. The molecule has 0 unspecified atom stereocenters. The van der Waals surface area contributed by atoms with E-state index < -0.39 is 0 Å². The van der Waals surface area contributed by atoms with E-state index >= 15 is 0 Å². The average molecular weight is 188 g/mol. The molecular weight excluding hydrogens is 176 g/mol. The minimum Gasteiger partial charge on any atom is -0.388 e. The monoisotopic (exact) mass is 188 g/mol. The summed E-state index contributed by atoms with van der Waals surface area (Å²) in [6.07, 6.45) is 0. The first-order valence-corrected chi connectivity index (χ1v) is 4.50. The molecule has 72 valence electrons. The fourth-order valence-electron chi connectivity index (χ4n) is 1.54. The molecule has 3 heteroatoms. The molecule has 0 radical (unpaired) electrons. The van der Waals surface area contributed by atoms with Gasteiger partial charge in [-0.15, -0.1) is 0 Å². The van der Waals surface area contributed by atoms with Crippen molar-refractivity contribution < 1.29 is 0 Å². The number of fused-ring (bicyclic) bond motifs is 1. The summed E-state index contributed by atoms with van der Waals surface area (Å²) in [4.78, 5) is 11.3. The summed E-state index contributed by atoms with van der Waals surface area (Å²) in [6, 6.07) is 9.36. The minimum absolute atomic E-state index is 0.0229. The van der Waals surface area contributed by atoms with Gasteiger partial charge in [0.1, 0.15) is 0 Å². The number of nitrogens with zero attached hydrogens (tertiary/aromatic N) is 1. The standard InChI is InChI=1S/C11H12N2O/c1-12-9-4-5-10-8(7-9)3-6-11(14)13(10)2/h3-7,12H,1-2H3. The van der Waals surface area contributed by atoms with Crippen LogP contribution in [-0.4, -0.2) is 11.6 Å². The highest BCUT2D eigenvalue weighted by Gasteiger charge is 1.98. The van der Waals surface area contributed by atoms with E-state index in [9.17, 15) is 4.79 Å². The average Bonchev–Trinajstić information content (AvgIpc) is 2.23. The van der Waals surface area contributed by atoms with Crippen LogP contribution in [0.15, 0.2) is 35.1 Å². The second-order valence-corrected chi connectivity index (χ2v) is 3.25. The van der Waals surface area contributed by atoms with Crippen LogP contribution in [0.1, 0.15) is 0 Å². The van der Waals surface area contributed by atoms with E-state index in [0.717, 1.165) is 16.6 Å². The fraction of sp³-hybridized carbons (Fsp3) is 0.182. The minimum atomic E-state index is 0.0229. The largest absolute Gasteiger partial charge is 0.388 e. The van der Waals surface area contributed by atoms with Crippen LogP contribution in [0.5, 0.6) is 0 Å². The van der Waals surface area contributed by atoms with E-state index in [2.05, 4.69) is 5.32 Å². The first kappa shape index (κ1) is 8.81. The molecule has 0 saturated carbocycles. The number of hydrogen-bond donors (Lipinski definition) is 1. The summed E-state index contributed by atoms with van der Waals surface area (Å²) in [5.74, 6) is 0. The quantitative estimate of drug-likeness (QED) is 0.737. The summed E-state index contributed by atoms with van der Waals surface area (Å²) in [6.45, 7) is 0. The van der Waals surface area contributed by atoms with Gasteiger partial charge in [0.05, 0.1) is 5.52 Å². The zero-order valence-electron chi connectivity index (χ0n) is 8.24. The molecule has 0 fully saturated rings. The Morgan fingerprint density at radius 1 is 1.21 bits per heavy atom. The van der Waals surface area contributed by atoms with Crippen molar-refractivity contribution in [2.45, 2.75) is 0 Å². The molecule has 14 heavy (non-hydrogen) atoms. The molecule has 0 aliphatic rings. The van der Waals surface area contributed by atoms with Crippen LogP contribution >= 0.6 is 0 Å². The number of nitrogens with one attached hydrogen (secondary N) is 1. The molecule has 2 rings (SSSR count). The maximum absolute atomic E-state index is 11.3. The Balaban J connectivity index is 2.81. The number of benzene rings is 1. The van der Waals surface area contributed by atoms with Gasteiger partial charge < -0.3 is 9.88 Å².